The highest BCUT2D eigenvalue weighted by molar-refractivity contribution is 5.79. The van der Waals surface area contributed by atoms with Crippen molar-refractivity contribution < 1.29 is 27.8 Å². The van der Waals surface area contributed by atoms with Crippen LogP contribution >= 0.6 is 0 Å². The lowest BCUT2D eigenvalue weighted by atomic mass is 10.1. The number of hydrogen-bond acceptors (Lipinski definition) is 8. The van der Waals surface area contributed by atoms with Crippen LogP contribution in [0.1, 0.15) is 38.2 Å². The summed E-state index contributed by atoms with van der Waals surface area (Å²) in [6, 6.07) is 1.02. The molecule has 178 valence electrons. The number of pyridine rings is 1. The molecule has 1 fully saturated rings. The maximum atomic E-state index is 13.9. The van der Waals surface area contributed by atoms with Crippen LogP contribution in [0.4, 0.5) is 35.1 Å². The van der Waals surface area contributed by atoms with Crippen molar-refractivity contribution in [1.29, 1.82) is 0 Å². The van der Waals surface area contributed by atoms with Gasteiger partial charge in [-0.3, -0.25) is 0 Å². The number of imidazole rings is 1. The van der Waals surface area contributed by atoms with Gasteiger partial charge in [0.25, 0.3) is 0 Å². The smallest absolute Gasteiger partial charge is 0.390 e. The van der Waals surface area contributed by atoms with Crippen LogP contribution in [0, 0.1) is 0 Å². The number of alkyl halides is 4. The zero-order valence-electron chi connectivity index (χ0n) is 17.8. The molecule has 4 atom stereocenters. The molecule has 13 heteroatoms. The minimum Gasteiger partial charge on any atom is -0.390 e. The molecule has 0 amide bonds. The van der Waals surface area contributed by atoms with E-state index in [0.717, 1.165) is 11.5 Å². The van der Waals surface area contributed by atoms with Gasteiger partial charge in [0.05, 0.1) is 24.4 Å². The Kier molecular flexibility index (Phi) is 6.10. The number of hydrogen-bond donors (Lipinski definition) is 3. The van der Waals surface area contributed by atoms with E-state index in [-0.39, 0.29) is 41.6 Å². The summed E-state index contributed by atoms with van der Waals surface area (Å²) in [5.74, 6) is 0.644. The molecule has 3 aromatic heterocycles. The highest BCUT2D eigenvalue weighted by atomic mass is 19.4. The topological polar surface area (TPSA) is 112 Å². The summed E-state index contributed by atoms with van der Waals surface area (Å²) in [6.07, 6.45) is -5.19. The summed E-state index contributed by atoms with van der Waals surface area (Å²) in [7, 11) is 0. The van der Waals surface area contributed by atoms with Crippen molar-refractivity contribution in [2.24, 2.45) is 0 Å². The Morgan fingerprint density at radius 1 is 1.18 bits per heavy atom. The van der Waals surface area contributed by atoms with Gasteiger partial charge in [-0.25, -0.2) is 19.3 Å². The Bertz CT molecular complexity index is 1140. The van der Waals surface area contributed by atoms with Gasteiger partial charge in [0.1, 0.15) is 41.3 Å². The number of anilines is 3. The predicted molar refractivity (Wildman–Crippen MR) is 112 cm³/mol. The summed E-state index contributed by atoms with van der Waals surface area (Å²) in [4.78, 5) is 18.4. The number of nitrogens with one attached hydrogen (secondary N) is 1. The molecule has 1 aliphatic rings. The second kappa shape index (κ2) is 8.71. The van der Waals surface area contributed by atoms with Crippen LogP contribution in [0.5, 0.6) is 0 Å². The van der Waals surface area contributed by atoms with E-state index in [1.54, 1.807) is 4.90 Å². The normalized spacial score (nSPS) is 21.3. The van der Waals surface area contributed by atoms with E-state index in [1.807, 2.05) is 0 Å². The van der Waals surface area contributed by atoms with E-state index in [4.69, 9.17) is 0 Å². The second-order valence-corrected chi connectivity index (χ2v) is 7.98. The molecule has 0 aromatic carbocycles. The molecule has 0 saturated carbocycles. The Balaban J connectivity index is 1.65. The first-order valence-electron chi connectivity index (χ1n) is 10.3. The van der Waals surface area contributed by atoms with Crippen molar-refractivity contribution in [3.05, 3.63) is 30.4 Å². The molecule has 0 aliphatic carbocycles. The van der Waals surface area contributed by atoms with Gasteiger partial charge in [0, 0.05) is 18.8 Å². The van der Waals surface area contributed by atoms with Crippen LogP contribution in [0.3, 0.4) is 0 Å². The predicted octanol–water partition coefficient (Wildman–Crippen LogP) is 3.05. The van der Waals surface area contributed by atoms with E-state index in [9.17, 15) is 27.8 Å². The van der Waals surface area contributed by atoms with Gasteiger partial charge in [0.2, 0.25) is 5.95 Å². The van der Waals surface area contributed by atoms with Gasteiger partial charge < -0.3 is 25.0 Å². The number of halogens is 4. The van der Waals surface area contributed by atoms with E-state index < -0.39 is 30.6 Å². The van der Waals surface area contributed by atoms with Crippen molar-refractivity contribution >= 4 is 28.6 Å². The van der Waals surface area contributed by atoms with E-state index >= 15 is 0 Å². The Morgan fingerprint density at radius 3 is 2.61 bits per heavy atom. The quantitative estimate of drug-likeness (QED) is 0.489. The third-order valence-electron chi connectivity index (χ3n) is 5.53. The van der Waals surface area contributed by atoms with Crippen LogP contribution in [0.2, 0.25) is 0 Å². The summed E-state index contributed by atoms with van der Waals surface area (Å²) in [5, 5.41) is 22.5. The third-order valence-corrected chi connectivity index (χ3v) is 5.53. The van der Waals surface area contributed by atoms with Crippen LogP contribution in [-0.2, 0) is 0 Å². The van der Waals surface area contributed by atoms with Crippen molar-refractivity contribution in [2.45, 2.75) is 50.9 Å². The Hall–Kier alpha value is -3.06. The number of piperidine rings is 1. The van der Waals surface area contributed by atoms with Crippen molar-refractivity contribution in [2.75, 3.05) is 23.3 Å². The SMILES string of the molecule is C[C@H](O)c1nc2cnc(Nc3ccnc(N4CC[C@H](O)[C@H](F)C4)n3)cc2n1[C@H](C)C(F)(F)F. The zero-order valence-corrected chi connectivity index (χ0v) is 17.8. The van der Waals surface area contributed by atoms with Gasteiger partial charge in [-0.2, -0.15) is 18.2 Å². The van der Waals surface area contributed by atoms with Crippen LogP contribution in [0.15, 0.2) is 24.5 Å². The standard InChI is InChI=1S/C20H23F4N7O2/c1-10(32)18-27-13-8-26-17(7-14(13)31(18)11(2)20(22,23)24)28-16-3-5-25-19(29-16)30-6-4-15(33)12(21)9-30/h3,5,7-8,10-12,15,32-33H,4,6,9H2,1-2H3,(H,25,26,28,29)/t10-,11+,12+,15-/m0/s1. The molecule has 3 aromatic rings. The van der Waals surface area contributed by atoms with Crippen molar-refractivity contribution in [3.8, 4) is 0 Å². The fourth-order valence-corrected chi connectivity index (χ4v) is 3.71. The molecule has 1 saturated heterocycles. The Labute approximate surface area is 186 Å². The number of aromatic nitrogens is 5. The molecule has 4 heterocycles. The summed E-state index contributed by atoms with van der Waals surface area (Å²) in [5.41, 5.74) is 0.351. The van der Waals surface area contributed by atoms with Crippen molar-refractivity contribution in [1.82, 2.24) is 24.5 Å². The summed E-state index contributed by atoms with van der Waals surface area (Å²) < 4.78 is 55.3. The minimum atomic E-state index is -4.55. The fraction of sp³-hybridized carbons (Fsp3) is 0.500. The molecule has 33 heavy (non-hydrogen) atoms. The zero-order chi connectivity index (χ0) is 23.9. The van der Waals surface area contributed by atoms with Gasteiger partial charge in [-0.05, 0) is 26.3 Å². The lowest BCUT2D eigenvalue weighted by Gasteiger charge is -2.32. The molecule has 0 bridgehead atoms. The van der Waals surface area contributed by atoms with E-state index in [0.29, 0.717) is 12.4 Å². The van der Waals surface area contributed by atoms with Gasteiger partial charge >= 0.3 is 6.18 Å². The van der Waals surface area contributed by atoms with Crippen LogP contribution < -0.4 is 10.2 Å². The molecule has 0 radical (unpaired) electrons. The summed E-state index contributed by atoms with van der Waals surface area (Å²) in [6.45, 7) is 2.67. The lowest BCUT2D eigenvalue weighted by molar-refractivity contribution is -0.163. The molecular formula is C20H23F4N7O2. The van der Waals surface area contributed by atoms with E-state index in [2.05, 4.69) is 25.3 Å². The maximum Gasteiger partial charge on any atom is 0.408 e. The number of nitrogens with zero attached hydrogens (tertiary/aromatic N) is 6. The largest absolute Gasteiger partial charge is 0.408 e. The molecule has 0 unspecified atom stereocenters. The second-order valence-electron chi connectivity index (χ2n) is 7.98. The van der Waals surface area contributed by atoms with Gasteiger partial charge in [-0.1, -0.05) is 0 Å². The summed E-state index contributed by atoms with van der Waals surface area (Å²) >= 11 is 0. The maximum absolute atomic E-state index is 13.9. The highest BCUT2D eigenvalue weighted by Crippen LogP contribution is 2.36. The van der Waals surface area contributed by atoms with Crippen LogP contribution in [0.25, 0.3) is 11.0 Å². The number of rotatable bonds is 5. The number of aliphatic hydroxyl groups is 2. The van der Waals surface area contributed by atoms with Crippen LogP contribution in [-0.4, -0.2) is 66.3 Å². The number of fused-ring (bicyclic) bond motifs is 1. The monoisotopic (exact) mass is 469 g/mol. The fourth-order valence-electron chi connectivity index (χ4n) is 3.71. The lowest BCUT2D eigenvalue weighted by Crippen LogP contribution is -2.45. The highest BCUT2D eigenvalue weighted by Gasteiger charge is 2.40. The molecular weight excluding hydrogens is 446 g/mol. The molecule has 4 rings (SSSR count). The molecule has 9 nitrogen and oxygen atoms in total. The number of aliphatic hydroxyl groups excluding tert-OH is 2. The van der Waals surface area contributed by atoms with Gasteiger partial charge in [-0.15, -0.1) is 0 Å². The first-order valence-corrected chi connectivity index (χ1v) is 10.3. The van der Waals surface area contributed by atoms with Crippen molar-refractivity contribution in [3.63, 3.8) is 0 Å². The molecule has 1 aliphatic heterocycles. The minimum absolute atomic E-state index is 0.0501. The van der Waals surface area contributed by atoms with Gasteiger partial charge in [0.15, 0.2) is 0 Å². The average molecular weight is 469 g/mol. The molecule has 0 spiro atoms. The first kappa shape index (κ1) is 23.1. The molecule has 3 N–H and O–H groups in total. The van der Waals surface area contributed by atoms with E-state index in [1.165, 1.54) is 31.5 Å². The Morgan fingerprint density at radius 2 is 1.94 bits per heavy atom. The average Bonchev–Trinajstić information content (AvgIpc) is 3.13. The third kappa shape index (κ3) is 4.69. The first-order chi connectivity index (χ1) is 15.5.